The van der Waals surface area contributed by atoms with Crippen molar-refractivity contribution in [2.75, 3.05) is 12.8 Å². The van der Waals surface area contributed by atoms with Crippen molar-refractivity contribution >= 4 is 28.6 Å². The summed E-state index contributed by atoms with van der Waals surface area (Å²) in [6.45, 7) is 1.73. The molecule has 2 aromatic rings. The number of hydrogen-bond donors (Lipinski definition) is 1. The minimum Gasteiger partial charge on any atom is -0.399 e. The summed E-state index contributed by atoms with van der Waals surface area (Å²) in [5.74, 6) is 0. The molecule has 17 heavy (non-hydrogen) atoms. The Kier molecular flexibility index (Phi) is 4.05. The van der Waals surface area contributed by atoms with Crippen molar-refractivity contribution in [3.63, 3.8) is 0 Å². The number of hydrogen-bond acceptors (Lipinski definition) is 3. The van der Waals surface area contributed by atoms with E-state index >= 15 is 0 Å². The zero-order chi connectivity index (χ0) is 12.3. The van der Waals surface area contributed by atoms with Crippen molar-refractivity contribution in [1.29, 1.82) is 0 Å². The number of nitrogens with two attached hydrogens (primary N) is 1. The molecule has 0 saturated carbocycles. The fourth-order valence-electron chi connectivity index (χ4n) is 1.76. The molecule has 0 unspecified atom stereocenters. The van der Waals surface area contributed by atoms with E-state index in [0.717, 1.165) is 29.4 Å². The fourth-order valence-corrected chi connectivity index (χ4v) is 2.59. The molecular weight excluding hydrogens is 252 g/mol. The summed E-state index contributed by atoms with van der Waals surface area (Å²) in [6.07, 6.45) is 0. The van der Waals surface area contributed by atoms with Crippen molar-refractivity contribution in [3.8, 4) is 0 Å². The van der Waals surface area contributed by atoms with Gasteiger partial charge in [-0.3, -0.25) is 4.90 Å². The molecule has 2 rings (SSSR count). The van der Waals surface area contributed by atoms with Gasteiger partial charge in [-0.05, 0) is 53.2 Å². The molecule has 0 spiro atoms. The van der Waals surface area contributed by atoms with E-state index in [1.54, 1.807) is 11.3 Å². The van der Waals surface area contributed by atoms with Crippen LogP contribution in [0.4, 0.5) is 5.69 Å². The van der Waals surface area contributed by atoms with Crippen LogP contribution in [0.5, 0.6) is 0 Å². The third-order valence-corrected chi connectivity index (χ3v) is 3.64. The van der Waals surface area contributed by atoms with Gasteiger partial charge in [-0.2, -0.15) is 11.3 Å². The van der Waals surface area contributed by atoms with Crippen molar-refractivity contribution in [3.05, 3.63) is 51.2 Å². The lowest BCUT2D eigenvalue weighted by Crippen LogP contribution is -2.17. The van der Waals surface area contributed by atoms with Gasteiger partial charge in [0.2, 0.25) is 0 Å². The van der Waals surface area contributed by atoms with E-state index in [9.17, 15) is 0 Å². The Bertz CT molecular complexity index is 482. The summed E-state index contributed by atoms with van der Waals surface area (Å²) < 4.78 is 0. The van der Waals surface area contributed by atoms with E-state index in [-0.39, 0.29) is 0 Å². The zero-order valence-electron chi connectivity index (χ0n) is 9.69. The zero-order valence-corrected chi connectivity index (χ0v) is 11.3. The summed E-state index contributed by atoms with van der Waals surface area (Å²) in [5, 5.41) is 5.03. The molecule has 90 valence electrons. The highest BCUT2D eigenvalue weighted by molar-refractivity contribution is 7.07. The van der Waals surface area contributed by atoms with Crippen LogP contribution in [0, 0.1) is 0 Å². The minimum absolute atomic E-state index is 0.758. The Labute approximate surface area is 111 Å². The number of thiophene rings is 1. The minimum atomic E-state index is 0.758. The second-order valence-corrected chi connectivity index (χ2v) is 5.34. The third-order valence-electron chi connectivity index (χ3n) is 2.54. The number of benzene rings is 1. The first-order chi connectivity index (χ1) is 8.15. The first-order valence-corrected chi connectivity index (χ1v) is 6.71. The normalized spacial score (nSPS) is 11.0. The van der Waals surface area contributed by atoms with Crippen molar-refractivity contribution in [2.24, 2.45) is 0 Å². The van der Waals surface area contributed by atoms with Gasteiger partial charge >= 0.3 is 0 Å². The molecule has 1 aromatic heterocycles. The second-order valence-electron chi connectivity index (χ2n) is 4.15. The Morgan fingerprint density at radius 1 is 1.29 bits per heavy atom. The predicted molar refractivity (Wildman–Crippen MR) is 75.4 cm³/mol. The van der Waals surface area contributed by atoms with E-state index in [2.05, 4.69) is 28.8 Å². The molecule has 0 aliphatic heterocycles. The fraction of sp³-hybridized carbons (Fsp3) is 0.231. The SMILES string of the molecule is CN(Cc1ccsc1)Cc1cc(N)ccc1Cl. The second kappa shape index (κ2) is 5.54. The topological polar surface area (TPSA) is 29.3 Å². The van der Waals surface area contributed by atoms with Gasteiger partial charge in [0.15, 0.2) is 0 Å². The molecule has 2 N–H and O–H groups in total. The number of halogens is 1. The quantitative estimate of drug-likeness (QED) is 0.857. The van der Waals surface area contributed by atoms with Gasteiger partial charge in [0.25, 0.3) is 0 Å². The monoisotopic (exact) mass is 266 g/mol. The van der Waals surface area contributed by atoms with Crippen LogP contribution in [0.25, 0.3) is 0 Å². The Hall–Kier alpha value is -1.03. The van der Waals surface area contributed by atoms with Gasteiger partial charge < -0.3 is 5.73 Å². The first-order valence-electron chi connectivity index (χ1n) is 5.38. The summed E-state index contributed by atoms with van der Waals surface area (Å²) in [4.78, 5) is 2.22. The number of nitrogens with zero attached hydrogens (tertiary/aromatic N) is 1. The summed E-state index contributed by atoms with van der Waals surface area (Å²) >= 11 is 7.86. The van der Waals surface area contributed by atoms with E-state index in [1.807, 2.05) is 18.2 Å². The van der Waals surface area contributed by atoms with Crippen LogP contribution >= 0.6 is 22.9 Å². The summed E-state index contributed by atoms with van der Waals surface area (Å²) in [6, 6.07) is 7.75. The standard InChI is InChI=1S/C13H15ClN2S/c1-16(7-10-4-5-17-9-10)8-11-6-12(15)2-3-13(11)14/h2-6,9H,7-8,15H2,1H3. The molecule has 1 aromatic carbocycles. The lowest BCUT2D eigenvalue weighted by Gasteiger charge is -2.17. The van der Waals surface area contributed by atoms with Crippen LogP contribution in [0.3, 0.4) is 0 Å². The van der Waals surface area contributed by atoms with Crippen molar-refractivity contribution in [1.82, 2.24) is 4.90 Å². The first kappa shape index (κ1) is 12.4. The van der Waals surface area contributed by atoms with Crippen molar-refractivity contribution in [2.45, 2.75) is 13.1 Å². The highest BCUT2D eigenvalue weighted by Gasteiger charge is 2.06. The Balaban J connectivity index is 2.02. The van der Waals surface area contributed by atoms with Crippen LogP contribution in [0.2, 0.25) is 5.02 Å². The van der Waals surface area contributed by atoms with Crippen LogP contribution in [-0.4, -0.2) is 11.9 Å². The van der Waals surface area contributed by atoms with Gasteiger partial charge in [-0.15, -0.1) is 0 Å². The lowest BCUT2D eigenvalue weighted by atomic mass is 10.2. The average molecular weight is 267 g/mol. The number of nitrogen functional groups attached to an aromatic ring is 1. The molecule has 0 fully saturated rings. The molecule has 0 bridgehead atoms. The number of rotatable bonds is 4. The molecule has 1 heterocycles. The van der Waals surface area contributed by atoms with Gasteiger partial charge in [0, 0.05) is 23.8 Å². The maximum absolute atomic E-state index is 6.14. The van der Waals surface area contributed by atoms with Gasteiger partial charge in [0.1, 0.15) is 0 Å². The third kappa shape index (κ3) is 3.46. The molecule has 0 amide bonds. The largest absolute Gasteiger partial charge is 0.399 e. The molecule has 0 aliphatic carbocycles. The molecule has 0 saturated heterocycles. The molecule has 0 atom stereocenters. The van der Waals surface area contributed by atoms with Gasteiger partial charge in [-0.1, -0.05) is 11.6 Å². The van der Waals surface area contributed by atoms with E-state index in [1.165, 1.54) is 5.56 Å². The van der Waals surface area contributed by atoms with E-state index < -0.39 is 0 Å². The van der Waals surface area contributed by atoms with Crippen LogP contribution in [0.15, 0.2) is 35.0 Å². The molecular formula is C13H15ClN2S. The summed E-state index contributed by atoms with van der Waals surface area (Å²) in [5.41, 5.74) is 8.93. The molecule has 0 aliphatic rings. The summed E-state index contributed by atoms with van der Waals surface area (Å²) in [7, 11) is 2.08. The molecule has 0 radical (unpaired) electrons. The average Bonchev–Trinajstić information content (AvgIpc) is 2.76. The maximum Gasteiger partial charge on any atom is 0.0452 e. The van der Waals surface area contributed by atoms with Gasteiger partial charge in [-0.25, -0.2) is 0 Å². The van der Waals surface area contributed by atoms with Gasteiger partial charge in [0.05, 0.1) is 0 Å². The van der Waals surface area contributed by atoms with Crippen LogP contribution < -0.4 is 5.73 Å². The number of anilines is 1. The van der Waals surface area contributed by atoms with Crippen LogP contribution in [-0.2, 0) is 13.1 Å². The highest BCUT2D eigenvalue weighted by Crippen LogP contribution is 2.21. The lowest BCUT2D eigenvalue weighted by molar-refractivity contribution is 0.319. The van der Waals surface area contributed by atoms with E-state index in [0.29, 0.717) is 0 Å². The maximum atomic E-state index is 6.14. The predicted octanol–water partition coefficient (Wildman–Crippen LogP) is 3.62. The Morgan fingerprint density at radius 2 is 2.12 bits per heavy atom. The van der Waals surface area contributed by atoms with Crippen molar-refractivity contribution < 1.29 is 0 Å². The smallest absolute Gasteiger partial charge is 0.0452 e. The van der Waals surface area contributed by atoms with Crippen LogP contribution in [0.1, 0.15) is 11.1 Å². The Morgan fingerprint density at radius 3 is 2.82 bits per heavy atom. The molecule has 4 heteroatoms. The highest BCUT2D eigenvalue weighted by atomic mass is 35.5. The molecule has 2 nitrogen and oxygen atoms in total. The van der Waals surface area contributed by atoms with E-state index in [4.69, 9.17) is 17.3 Å².